The average molecular weight is 296 g/mol. The monoisotopic (exact) mass is 295 g/mol. The zero-order valence-corrected chi connectivity index (χ0v) is 11.5. The smallest absolute Gasteiger partial charge is 0.276 e. The molecule has 2 aliphatic heterocycles. The fourth-order valence-electron chi connectivity index (χ4n) is 3.03. The number of nitro groups is 1. The molecule has 2 atom stereocenters. The predicted molar refractivity (Wildman–Crippen MR) is 73.3 cm³/mol. The van der Waals surface area contributed by atoms with E-state index >= 15 is 0 Å². The molecule has 20 heavy (non-hydrogen) atoms. The van der Waals surface area contributed by atoms with Gasteiger partial charge in [0.1, 0.15) is 6.17 Å². The van der Waals surface area contributed by atoms with Gasteiger partial charge in [-0.25, -0.2) is 0 Å². The highest BCUT2D eigenvalue weighted by atomic mass is 35.5. The van der Waals surface area contributed by atoms with Gasteiger partial charge in [-0.2, -0.15) is 0 Å². The van der Waals surface area contributed by atoms with E-state index in [9.17, 15) is 14.9 Å². The van der Waals surface area contributed by atoms with Gasteiger partial charge in [-0.1, -0.05) is 18.0 Å². The van der Waals surface area contributed by atoms with Crippen LogP contribution in [0, 0.1) is 10.1 Å². The second-order valence-corrected chi connectivity index (χ2v) is 5.56. The fourth-order valence-corrected chi connectivity index (χ4v) is 3.21. The second-order valence-electron chi connectivity index (χ2n) is 5.12. The number of nitrogens with zero attached hydrogens (tertiary/aromatic N) is 2. The van der Waals surface area contributed by atoms with Crippen molar-refractivity contribution in [3.05, 3.63) is 38.9 Å². The van der Waals surface area contributed by atoms with E-state index in [1.165, 1.54) is 12.1 Å². The van der Waals surface area contributed by atoms with Crippen molar-refractivity contribution in [1.29, 1.82) is 0 Å². The van der Waals surface area contributed by atoms with Crippen LogP contribution in [0.25, 0.3) is 0 Å². The molecule has 0 spiro atoms. The number of hydrogen-bond donors (Lipinski definition) is 1. The molecule has 0 aliphatic carbocycles. The van der Waals surface area contributed by atoms with E-state index in [-0.39, 0.29) is 17.6 Å². The van der Waals surface area contributed by atoms with Crippen molar-refractivity contribution in [1.82, 2.24) is 10.2 Å². The Morgan fingerprint density at radius 1 is 1.40 bits per heavy atom. The maximum absolute atomic E-state index is 12.0. The van der Waals surface area contributed by atoms with Crippen molar-refractivity contribution in [3.8, 4) is 0 Å². The lowest BCUT2D eigenvalue weighted by Gasteiger charge is -2.31. The molecule has 0 unspecified atom stereocenters. The Kier molecular flexibility index (Phi) is 3.35. The minimum absolute atomic E-state index is 0.00840. The largest absolute Gasteiger partial charge is 0.335 e. The number of carbonyl (C=O) groups is 1. The molecule has 0 radical (unpaired) electrons. The first-order valence-corrected chi connectivity index (χ1v) is 6.95. The molecule has 7 heteroatoms. The van der Waals surface area contributed by atoms with Crippen molar-refractivity contribution in [2.45, 2.75) is 31.5 Å². The standard InChI is InChI=1S/C13H14ClN3O3/c14-8-4-5-10(17(19)20)9(7-8)12-15-13(18)11-3-1-2-6-16(11)12/h4-5,7,11-12H,1-3,6H2,(H,15,18)/t11-,12-/m0/s1. The Bertz CT molecular complexity index is 578. The first-order valence-electron chi connectivity index (χ1n) is 6.58. The van der Waals surface area contributed by atoms with Gasteiger partial charge in [0.25, 0.3) is 5.69 Å². The van der Waals surface area contributed by atoms with E-state index in [1.54, 1.807) is 6.07 Å². The van der Waals surface area contributed by atoms with Crippen LogP contribution >= 0.6 is 11.6 Å². The number of rotatable bonds is 2. The van der Waals surface area contributed by atoms with Gasteiger partial charge in [0.2, 0.25) is 5.91 Å². The fraction of sp³-hybridized carbons (Fsp3) is 0.462. The maximum atomic E-state index is 12.0. The molecule has 2 fully saturated rings. The average Bonchev–Trinajstić information content (AvgIpc) is 2.76. The van der Waals surface area contributed by atoms with Crippen molar-refractivity contribution in [2.24, 2.45) is 0 Å². The normalized spacial score (nSPS) is 26.1. The first kappa shape index (κ1) is 13.3. The lowest BCUT2D eigenvalue weighted by molar-refractivity contribution is -0.386. The topological polar surface area (TPSA) is 75.5 Å². The van der Waals surface area contributed by atoms with E-state index < -0.39 is 11.1 Å². The summed E-state index contributed by atoms with van der Waals surface area (Å²) in [5.74, 6) is -0.0519. The van der Waals surface area contributed by atoms with Gasteiger partial charge in [0, 0.05) is 17.6 Å². The SMILES string of the molecule is O=C1N[C@H](c2cc(Cl)ccc2[N+](=O)[O-])N2CCCC[C@@H]12. The van der Waals surface area contributed by atoms with Crippen LogP contribution in [0.3, 0.4) is 0 Å². The van der Waals surface area contributed by atoms with Gasteiger partial charge in [0.05, 0.1) is 16.5 Å². The number of carbonyl (C=O) groups excluding carboxylic acids is 1. The van der Waals surface area contributed by atoms with Crippen molar-refractivity contribution in [3.63, 3.8) is 0 Å². The summed E-state index contributed by atoms with van der Waals surface area (Å²) in [5, 5.41) is 14.5. The van der Waals surface area contributed by atoms with Crippen LogP contribution in [0.2, 0.25) is 5.02 Å². The molecule has 0 saturated carbocycles. The summed E-state index contributed by atoms with van der Waals surface area (Å²) in [4.78, 5) is 24.7. The third-order valence-electron chi connectivity index (χ3n) is 3.94. The van der Waals surface area contributed by atoms with Crippen molar-refractivity contribution in [2.75, 3.05) is 6.54 Å². The second kappa shape index (κ2) is 5.03. The van der Waals surface area contributed by atoms with E-state index in [0.29, 0.717) is 10.6 Å². The van der Waals surface area contributed by atoms with Crippen LogP contribution in [-0.2, 0) is 4.79 Å². The van der Waals surface area contributed by atoms with Crippen LogP contribution in [0.4, 0.5) is 5.69 Å². The molecule has 0 bridgehead atoms. The minimum Gasteiger partial charge on any atom is -0.335 e. The minimum atomic E-state index is -0.452. The van der Waals surface area contributed by atoms with Crippen molar-refractivity contribution >= 4 is 23.2 Å². The number of piperidine rings is 1. The first-order chi connectivity index (χ1) is 9.58. The van der Waals surface area contributed by atoms with Crippen LogP contribution in [0.5, 0.6) is 0 Å². The zero-order chi connectivity index (χ0) is 14.3. The van der Waals surface area contributed by atoms with Gasteiger partial charge in [-0.15, -0.1) is 0 Å². The summed E-state index contributed by atoms with van der Waals surface area (Å²) in [6, 6.07) is 4.28. The zero-order valence-electron chi connectivity index (χ0n) is 10.7. The molecule has 1 N–H and O–H groups in total. The van der Waals surface area contributed by atoms with Crippen molar-refractivity contribution < 1.29 is 9.72 Å². The van der Waals surface area contributed by atoms with Crippen LogP contribution < -0.4 is 5.32 Å². The van der Waals surface area contributed by atoms with E-state index in [4.69, 9.17) is 11.6 Å². The molecule has 0 aromatic heterocycles. The molecule has 2 heterocycles. The number of amides is 1. The third-order valence-corrected chi connectivity index (χ3v) is 4.17. The highest BCUT2D eigenvalue weighted by Crippen LogP contribution is 2.37. The maximum Gasteiger partial charge on any atom is 0.276 e. The van der Waals surface area contributed by atoms with E-state index in [2.05, 4.69) is 5.32 Å². The van der Waals surface area contributed by atoms with Gasteiger partial charge in [-0.3, -0.25) is 19.8 Å². The highest BCUT2D eigenvalue weighted by molar-refractivity contribution is 6.30. The number of nitro benzene ring substituents is 1. The number of nitrogens with one attached hydrogen (secondary N) is 1. The third kappa shape index (κ3) is 2.14. The van der Waals surface area contributed by atoms with Crippen LogP contribution in [0.15, 0.2) is 18.2 Å². The van der Waals surface area contributed by atoms with Crippen LogP contribution in [-0.4, -0.2) is 28.3 Å². The lowest BCUT2D eigenvalue weighted by Crippen LogP contribution is -2.38. The summed E-state index contributed by atoms with van der Waals surface area (Å²) >= 11 is 5.96. The Morgan fingerprint density at radius 3 is 2.95 bits per heavy atom. The molecule has 1 amide bonds. The number of fused-ring (bicyclic) bond motifs is 1. The summed E-state index contributed by atoms with van der Waals surface area (Å²) in [6.45, 7) is 0.762. The lowest BCUT2D eigenvalue weighted by atomic mass is 10.0. The molecule has 6 nitrogen and oxygen atoms in total. The van der Waals surface area contributed by atoms with E-state index in [1.807, 2.05) is 4.90 Å². The summed E-state index contributed by atoms with van der Waals surface area (Å²) in [6.07, 6.45) is 2.36. The molecule has 3 rings (SSSR count). The summed E-state index contributed by atoms with van der Waals surface area (Å²) in [7, 11) is 0. The molecule has 1 aromatic carbocycles. The Balaban J connectivity index is 2.02. The highest BCUT2D eigenvalue weighted by Gasteiger charge is 2.43. The summed E-state index contributed by atoms with van der Waals surface area (Å²) < 4.78 is 0. The molecule has 106 valence electrons. The van der Waals surface area contributed by atoms with Gasteiger partial charge < -0.3 is 5.32 Å². The molecule has 2 aliphatic rings. The summed E-state index contributed by atoms with van der Waals surface area (Å²) in [5.41, 5.74) is 0.450. The Labute approximate surface area is 120 Å². The molecular weight excluding hydrogens is 282 g/mol. The van der Waals surface area contributed by atoms with Gasteiger partial charge >= 0.3 is 0 Å². The van der Waals surface area contributed by atoms with E-state index in [0.717, 1.165) is 25.8 Å². The van der Waals surface area contributed by atoms with Crippen LogP contribution in [0.1, 0.15) is 31.0 Å². The molecule has 2 saturated heterocycles. The molecule has 1 aromatic rings. The number of hydrogen-bond acceptors (Lipinski definition) is 4. The number of benzene rings is 1. The number of halogens is 1. The quantitative estimate of drug-likeness (QED) is 0.670. The molecular formula is C13H14ClN3O3. The Morgan fingerprint density at radius 2 is 2.20 bits per heavy atom. The Hall–Kier alpha value is -1.66. The predicted octanol–water partition coefficient (Wildman–Crippen LogP) is 2.23. The van der Waals surface area contributed by atoms with Gasteiger partial charge in [-0.05, 0) is 25.0 Å². The van der Waals surface area contributed by atoms with Gasteiger partial charge in [0.15, 0.2) is 0 Å².